The van der Waals surface area contributed by atoms with Crippen molar-refractivity contribution >= 4 is 17.5 Å². The van der Waals surface area contributed by atoms with Gasteiger partial charge in [-0.3, -0.25) is 14.5 Å². The zero-order valence-electron chi connectivity index (χ0n) is 10.6. The van der Waals surface area contributed by atoms with E-state index in [-0.39, 0.29) is 24.5 Å². The van der Waals surface area contributed by atoms with Crippen molar-refractivity contribution < 1.29 is 9.59 Å². The summed E-state index contributed by atoms with van der Waals surface area (Å²) < 4.78 is 0. The van der Waals surface area contributed by atoms with Crippen LogP contribution in [0.5, 0.6) is 0 Å². The summed E-state index contributed by atoms with van der Waals surface area (Å²) in [6.45, 7) is 4.32. The summed E-state index contributed by atoms with van der Waals surface area (Å²) >= 11 is 0. The number of hydrogen-bond acceptors (Lipinski definition) is 2. The summed E-state index contributed by atoms with van der Waals surface area (Å²) in [4.78, 5) is 27.2. The highest BCUT2D eigenvalue weighted by atomic mass is 16.2. The standard InChI is InChI=1S/C14H16N2O2/c1-9-3-4-11(7-10(9)2)16-12-5-6-13(17)15(12)8-14(16)18/h3-4,7,12H,5-6,8H2,1-2H3. The quantitative estimate of drug-likeness (QED) is 0.753. The minimum Gasteiger partial charge on any atom is -0.312 e. The molecule has 1 aromatic rings. The molecule has 0 bridgehead atoms. The van der Waals surface area contributed by atoms with E-state index in [4.69, 9.17) is 0 Å². The van der Waals surface area contributed by atoms with Crippen LogP contribution < -0.4 is 4.90 Å². The normalized spacial score (nSPS) is 22.9. The maximum absolute atomic E-state index is 12.1. The van der Waals surface area contributed by atoms with Gasteiger partial charge in [0, 0.05) is 12.1 Å². The molecule has 2 heterocycles. The first-order chi connectivity index (χ1) is 8.58. The van der Waals surface area contributed by atoms with Crippen LogP contribution in [0.25, 0.3) is 0 Å². The van der Waals surface area contributed by atoms with Crippen LogP contribution >= 0.6 is 0 Å². The van der Waals surface area contributed by atoms with Crippen molar-refractivity contribution in [3.05, 3.63) is 29.3 Å². The fourth-order valence-corrected chi connectivity index (χ4v) is 2.76. The Bertz CT molecular complexity index is 539. The average Bonchev–Trinajstić information content (AvgIpc) is 2.83. The van der Waals surface area contributed by atoms with Gasteiger partial charge < -0.3 is 4.90 Å². The van der Waals surface area contributed by atoms with Gasteiger partial charge in [-0.25, -0.2) is 0 Å². The van der Waals surface area contributed by atoms with Gasteiger partial charge >= 0.3 is 0 Å². The summed E-state index contributed by atoms with van der Waals surface area (Å²) in [6, 6.07) is 6.02. The van der Waals surface area contributed by atoms with Crippen molar-refractivity contribution in [2.45, 2.75) is 32.9 Å². The fraction of sp³-hybridized carbons (Fsp3) is 0.429. The smallest absolute Gasteiger partial charge is 0.248 e. The van der Waals surface area contributed by atoms with Gasteiger partial charge in [0.05, 0.1) is 0 Å². The molecule has 0 N–H and O–H groups in total. The minimum atomic E-state index is -0.0629. The third-order valence-corrected chi connectivity index (χ3v) is 3.94. The lowest BCUT2D eigenvalue weighted by Gasteiger charge is -2.24. The third kappa shape index (κ3) is 1.52. The molecule has 0 spiro atoms. The second-order valence-electron chi connectivity index (χ2n) is 5.07. The second kappa shape index (κ2) is 3.83. The van der Waals surface area contributed by atoms with Gasteiger partial charge in [-0.15, -0.1) is 0 Å². The molecule has 1 unspecified atom stereocenters. The van der Waals surface area contributed by atoms with E-state index in [0.29, 0.717) is 6.42 Å². The van der Waals surface area contributed by atoms with Gasteiger partial charge in [0.1, 0.15) is 12.7 Å². The predicted octanol–water partition coefficient (Wildman–Crippen LogP) is 1.60. The Morgan fingerprint density at radius 3 is 2.61 bits per heavy atom. The lowest BCUT2D eigenvalue weighted by Crippen LogP contribution is -2.36. The second-order valence-corrected chi connectivity index (χ2v) is 5.07. The molecule has 2 aliphatic heterocycles. The van der Waals surface area contributed by atoms with Crippen molar-refractivity contribution in [3.8, 4) is 0 Å². The Kier molecular flexibility index (Phi) is 2.40. The van der Waals surface area contributed by atoms with E-state index in [0.717, 1.165) is 12.1 Å². The van der Waals surface area contributed by atoms with Crippen molar-refractivity contribution in [2.75, 3.05) is 11.4 Å². The van der Waals surface area contributed by atoms with Gasteiger partial charge in [0.15, 0.2) is 0 Å². The number of nitrogens with zero attached hydrogens (tertiary/aromatic N) is 2. The number of carbonyl (C=O) groups is 2. The van der Waals surface area contributed by atoms with Crippen LogP contribution in [-0.4, -0.2) is 29.4 Å². The van der Waals surface area contributed by atoms with E-state index in [9.17, 15) is 9.59 Å². The van der Waals surface area contributed by atoms with E-state index in [1.54, 1.807) is 9.80 Å². The van der Waals surface area contributed by atoms with Gasteiger partial charge in [-0.2, -0.15) is 0 Å². The molecular weight excluding hydrogens is 228 g/mol. The van der Waals surface area contributed by atoms with Gasteiger partial charge in [0.25, 0.3) is 0 Å². The topological polar surface area (TPSA) is 40.6 Å². The Morgan fingerprint density at radius 1 is 1.11 bits per heavy atom. The first kappa shape index (κ1) is 11.3. The zero-order valence-corrected chi connectivity index (χ0v) is 10.6. The van der Waals surface area contributed by atoms with Gasteiger partial charge in [-0.05, 0) is 43.5 Å². The average molecular weight is 244 g/mol. The lowest BCUT2D eigenvalue weighted by atomic mass is 10.1. The molecule has 2 aliphatic rings. The van der Waals surface area contributed by atoms with E-state index in [2.05, 4.69) is 6.92 Å². The molecule has 2 fully saturated rings. The monoisotopic (exact) mass is 244 g/mol. The number of anilines is 1. The highest BCUT2D eigenvalue weighted by molar-refractivity contribution is 6.02. The molecule has 3 rings (SSSR count). The van der Waals surface area contributed by atoms with Crippen LogP contribution in [0.1, 0.15) is 24.0 Å². The molecule has 1 aromatic carbocycles. The molecular formula is C14H16N2O2. The zero-order chi connectivity index (χ0) is 12.9. The van der Waals surface area contributed by atoms with Crippen molar-refractivity contribution in [2.24, 2.45) is 0 Å². The van der Waals surface area contributed by atoms with Gasteiger partial charge in [0.2, 0.25) is 11.8 Å². The molecule has 1 atom stereocenters. The van der Waals surface area contributed by atoms with Crippen molar-refractivity contribution in [1.82, 2.24) is 4.90 Å². The molecule has 2 amide bonds. The molecule has 0 aromatic heterocycles. The molecule has 0 saturated carbocycles. The summed E-state index contributed by atoms with van der Waals surface area (Å²) in [7, 11) is 0. The first-order valence-corrected chi connectivity index (χ1v) is 6.27. The Labute approximate surface area is 106 Å². The minimum absolute atomic E-state index is 0.0244. The van der Waals surface area contributed by atoms with Crippen LogP contribution in [0.4, 0.5) is 5.69 Å². The number of carbonyl (C=O) groups excluding carboxylic acids is 2. The number of fused-ring (bicyclic) bond motifs is 1. The number of aryl methyl sites for hydroxylation is 2. The maximum Gasteiger partial charge on any atom is 0.248 e. The number of hydrogen-bond donors (Lipinski definition) is 0. The molecule has 94 valence electrons. The van der Waals surface area contributed by atoms with E-state index in [1.165, 1.54) is 11.1 Å². The van der Waals surface area contributed by atoms with Gasteiger partial charge in [-0.1, -0.05) is 6.07 Å². The molecule has 0 radical (unpaired) electrons. The molecule has 2 saturated heterocycles. The Hall–Kier alpha value is -1.84. The molecule has 0 aliphatic carbocycles. The van der Waals surface area contributed by atoms with Crippen LogP contribution in [0.2, 0.25) is 0 Å². The van der Waals surface area contributed by atoms with Crippen LogP contribution in [0.3, 0.4) is 0 Å². The van der Waals surface area contributed by atoms with Crippen LogP contribution in [0.15, 0.2) is 18.2 Å². The molecule has 4 heteroatoms. The molecule has 4 nitrogen and oxygen atoms in total. The first-order valence-electron chi connectivity index (χ1n) is 6.27. The lowest BCUT2D eigenvalue weighted by molar-refractivity contribution is -0.129. The van der Waals surface area contributed by atoms with Crippen LogP contribution in [-0.2, 0) is 9.59 Å². The van der Waals surface area contributed by atoms with E-state index < -0.39 is 0 Å². The van der Waals surface area contributed by atoms with Crippen molar-refractivity contribution in [3.63, 3.8) is 0 Å². The largest absolute Gasteiger partial charge is 0.312 e. The third-order valence-electron chi connectivity index (χ3n) is 3.94. The summed E-state index contributed by atoms with van der Waals surface area (Å²) in [5.74, 6) is 0.121. The van der Waals surface area contributed by atoms with E-state index >= 15 is 0 Å². The highest BCUT2D eigenvalue weighted by Crippen LogP contribution is 2.32. The molecule has 18 heavy (non-hydrogen) atoms. The number of rotatable bonds is 1. The SMILES string of the molecule is Cc1ccc(N2C(=O)CN3C(=O)CCC32)cc1C. The maximum atomic E-state index is 12.1. The summed E-state index contributed by atoms with van der Waals surface area (Å²) in [5.41, 5.74) is 3.29. The fourth-order valence-electron chi connectivity index (χ4n) is 2.76. The Balaban J connectivity index is 1.98. The van der Waals surface area contributed by atoms with Crippen LogP contribution in [0, 0.1) is 13.8 Å². The predicted molar refractivity (Wildman–Crippen MR) is 68.1 cm³/mol. The van der Waals surface area contributed by atoms with E-state index in [1.807, 2.05) is 25.1 Å². The summed E-state index contributed by atoms with van der Waals surface area (Å²) in [5, 5.41) is 0. The number of amides is 2. The van der Waals surface area contributed by atoms with Crippen molar-refractivity contribution in [1.29, 1.82) is 0 Å². The summed E-state index contributed by atoms with van der Waals surface area (Å²) in [6.07, 6.45) is 1.24. The Morgan fingerprint density at radius 2 is 1.89 bits per heavy atom. The highest BCUT2D eigenvalue weighted by Gasteiger charge is 2.45. The number of benzene rings is 1.